The van der Waals surface area contributed by atoms with E-state index in [1.54, 1.807) is 6.07 Å². The molecule has 1 atom stereocenters. The smallest absolute Gasteiger partial charge is 0.546 e. The zero-order valence-electron chi connectivity index (χ0n) is 7.32. The van der Waals surface area contributed by atoms with E-state index in [-0.39, 0.29) is 51.4 Å². The molecule has 1 aromatic rings. The molecular weight excluding hydrogens is 195 g/mol. The number of carboxylic acid groups (broad SMARTS) is 1. The summed E-state index contributed by atoms with van der Waals surface area (Å²) >= 11 is 0. The molecular formula is C9H7KO3. The van der Waals surface area contributed by atoms with Gasteiger partial charge in [0.1, 0.15) is 11.9 Å². The minimum Gasteiger partial charge on any atom is -0.546 e. The molecule has 0 spiro atoms. The molecule has 0 fully saturated rings. The van der Waals surface area contributed by atoms with E-state index in [1.807, 2.05) is 18.2 Å². The number of fused-ring (bicyclic) bond motifs is 1. The second kappa shape index (κ2) is 4.57. The molecule has 0 aromatic heterocycles. The topological polar surface area (TPSA) is 49.4 Å². The molecule has 62 valence electrons. The van der Waals surface area contributed by atoms with E-state index in [1.165, 1.54) is 0 Å². The standard InChI is InChI=1S/C9H8O3.K/c10-9(11)8-5-6-3-1-2-4-7(6)12-8;/h1-4,8H,5H2,(H,10,11);/q;+1/p-1. The van der Waals surface area contributed by atoms with E-state index in [4.69, 9.17) is 4.74 Å². The van der Waals surface area contributed by atoms with E-state index in [0.29, 0.717) is 12.2 Å². The fraction of sp³-hybridized carbons (Fsp3) is 0.222. The van der Waals surface area contributed by atoms with Gasteiger partial charge in [0.15, 0.2) is 0 Å². The molecule has 1 aromatic carbocycles. The van der Waals surface area contributed by atoms with Crippen molar-refractivity contribution in [1.82, 2.24) is 0 Å². The number of carbonyl (C=O) groups excluding carboxylic acids is 1. The third kappa shape index (κ3) is 2.32. The third-order valence-corrected chi connectivity index (χ3v) is 1.91. The summed E-state index contributed by atoms with van der Waals surface area (Å²) in [6, 6.07) is 7.30. The Bertz CT molecular complexity index is 299. The van der Waals surface area contributed by atoms with Crippen molar-refractivity contribution in [2.45, 2.75) is 12.5 Å². The van der Waals surface area contributed by atoms with Crippen molar-refractivity contribution in [1.29, 1.82) is 0 Å². The van der Waals surface area contributed by atoms with Gasteiger partial charge in [-0.3, -0.25) is 0 Å². The van der Waals surface area contributed by atoms with Gasteiger partial charge in [0, 0.05) is 6.42 Å². The Kier molecular flexibility index (Phi) is 3.94. The Labute approximate surface area is 119 Å². The van der Waals surface area contributed by atoms with Gasteiger partial charge in [-0.05, 0) is 11.6 Å². The second-order valence-corrected chi connectivity index (χ2v) is 2.74. The predicted octanol–water partition coefficient (Wildman–Crippen LogP) is -3.26. The van der Waals surface area contributed by atoms with Crippen molar-refractivity contribution in [3.63, 3.8) is 0 Å². The first-order valence-corrected chi connectivity index (χ1v) is 3.73. The minimum atomic E-state index is -1.15. The SMILES string of the molecule is O=C([O-])C1Cc2ccccc2O1.[K+]. The second-order valence-electron chi connectivity index (χ2n) is 2.74. The zero-order valence-corrected chi connectivity index (χ0v) is 10.4. The molecule has 3 nitrogen and oxygen atoms in total. The van der Waals surface area contributed by atoms with Gasteiger partial charge in [0.2, 0.25) is 0 Å². The van der Waals surface area contributed by atoms with Gasteiger partial charge < -0.3 is 14.6 Å². The van der Waals surface area contributed by atoms with Crippen molar-refractivity contribution in [3.05, 3.63) is 29.8 Å². The summed E-state index contributed by atoms with van der Waals surface area (Å²) in [5.41, 5.74) is 0.937. The van der Waals surface area contributed by atoms with Crippen LogP contribution in [0, 0.1) is 0 Å². The molecule has 1 unspecified atom stereocenters. The maximum atomic E-state index is 10.4. The Morgan fingerprint density at radius 1 is 1.46 bits per heavy atom. The van der Waals surface area contributed by atoms with Crippen molar-refractivity contribution in [2.75, 3.05) is 0 Å². The van der Waals surface area contributed by atoms with E-state index in [0.717, 1.165) is 5.56 Å². The van der Waals surface area contributed by atoms with Gasteiger partial charge in [0.05, 0.1) is 5.97 Å². The molecule has 0 saturated carbocycles. The fourth-order valence-electron chi connectivity index (χ4n) is 1.31. The summed E-state index contributed by atoms with van der Waals surface area (Å²) in [7, 11) is 0. The predicted molar refractivity (Wildman–Crippen MR) is 39.6 cm³/mol. The van der Waals surface area contributed by atoms with Gasteiger partial charge in [-0.25, -0.2) is 0 Å². The Morgan fingerprint density at radius 2 is 2.15 bits per heavy atom. The summed E-state index contributed by atoms with van der Waals surface area (Å²) in [5.74, 6) is -0.488. The summed E-state index contributed by atoms with van der Waals surface area (Å²) < 4.78 is 5.11. The van der Waals surface area contributed by atoms with Gasteiger partial charge in [-0.15, -0.1) is 0 Å². The summed E-state index contributed by atoms with van der Waals surface area (Å²) in [4.78, 5) is 10.4. The summed E-state index contributed by atoms with van der Waals surface area (Å²) in [5, 5.41) is 10.4. The number of hydrogen-bond acceptors (Lipinski definition) is 3. The number of benzene rings is 1. The summed E-state index contributed by atoms with van der Waals surface area (Å²) in [6.07, 6.45) is -0.388. The van der Waals surface area contributed by atoms with Crippen LogP contribution >= 0.6 is 0 Å². The normalized spacial score (nSPS) is 18.3. The van der Waals surface area contributed by atoms with E-state index >= 15 is 0 Å². The van der Waals surface area contributed by atoms with Crippen LogP contribution in [0.2, 0.25) is 0 Å². The maximum absolute atomic E-state index is 10.4. The van der Waals surface area contributed by atoms with E-state index in [2.05, 4.69) is 0 Å². The number of aliphatic carboxylic acids is 1. The first-order valence-electron chi connectivity index (χ1n) is 3.73. The van der Waals surface area contributed by atoms with Crippen molar-refractivity contribution in [2.24, 2.45) is 0 Å². The maximum Gasteiger partial charge on any atom is 1.00 e. The van der Waals surface area contributed by atoms with Gasteiger partial charge in [-0.2, -0.15) is 0 Å². The molecule has 4 heteroatoms. The van der Waals surface area contributed by atoms with Crippen molar-refractivity contribution in [3.8, 4) is 5.75 Å². The minimum absolute atomic E-state index is 0. The molecule has 1 heterocycles. The number of ether oxygens (including phenoxy) is 1. The molecule has 1 aliphatic rings. The van der Waals surface area contributed by atoms with Crippen LogP contribution in [0.15, 0.2) is 24.3 Å². The Morgan fingerprint density at radius 3 is 2.77 bits per heavy atom. The van der Waals surface area contributed by atoms with Crippen LogP contribution in [0.3, 0.4) is 0 Å². The van der Waals surface area contributed by atoms with Gasteiger partial charge in [-0.1, -0.05) is 18.2 Å². The van der Waals surface area contributed by atoms with Gasteiger partial charge in [0.25, 0.3) is 0 Å². The van der Waals surface area contributed by atoms with E-state index in [9.17, 15) is 9.90 Å². The molecule has 0 saturated heterocycles. The number of carbonyl (C=O) groups is 1. The number of carboxylic acids is 1. The Hall–Kier alpha value is 0.126. The fourth-order valence-corrected chi connectivity index (χ4v) is 1.31. The molecule has 0 aliphatic carbocycles. The van der Waals surface area contributed by atoms with Crippen molar-refractivity contribution >= 4 is 5.97 Å². The van der Waals surface area contributed by atoms with Gasteiger partial charge >= 0.3 is 51.4 Å². The molecule has 0 radical (unpaired) electrons. The van der Waals surface area contributed by atoms with E-state index < -0.39 is 12.1 Å². The van der Waals surface area contributed by atoms with Crippen LogP contribution in [0.5, 0.6) is 5.75 Å². The van der Waals surface area contributed by atoms with Crippen LogP contribution in [0.4, 0.5) is 0 Å². The van der Waals surface area contributed by atoms with Crippen molar-refractivity contribution < 1.29 is 66.0 Å². The van der Waals surface area contributed by atoms with Crippen LogP contribution in [-0.4, -0.2) is 12.1 Å². The monoisotopic (exact) mass is 202 g/mol. The quantitative estimate of drug-likeness (QED) is 0.449. The zero-order chi connectivity index (χ0) is 8.55. The molecule has 13 heavy (non-hydrogen) atoms. The van der Waals surface area contributed by atoms with Crippen LogP contribution in [0.25, 0.3) is 0 Å². The molecule has 0 N–H and O–H groups in total. The Balaban J connectivity index is 0.000000845. The summed E-state index contributed by atoms with van der Waals surface area (Å²) in [6.45, 7) is 0. The number of rotatable bonds is 1. The number of hydrogen-bond donors (Lipinski definition) is 0. The van der Waals surface area contributed by atoms with Crippen LogP contribution in [-0.2, 0) is 11.2 Å². The van der Waals surface area contributed by atoms with Crippen LogP contribution < -0.4 is 61.2 Å². The number of para-hydroxylation sites is 1. The third-order valence-electron chi connectivity index (χ3n) is 1.91. The average Bonchev–Trinajstić information content (AvgIpc) is 2.46. The molecule has 0 bridgehead atoms. The molecule has 0 amide bonds. The molecule has 1 aliphatic heterocycles. The first-order chi connectivity index (χ1) is 5.77. The average molecular weight is 202 g/mol. The molecule has 2 rings (SSSR count). The first kappa shape index (κ1) is 11.2. The largest absolute Gasteiger partial charge is 1.00 e. The van der Waals surface area contributed by atoms with Crippen LogP contribution in [0.1, 0.15) is 5.56 Å².